The Hall–Kier alpha value is -3.56. The highest BCUT2D eigenvalue weighted by molar-refractivity contribution is 5.95. The van der Waals surface area contributed by atoms with Crippen LogP contribution in [0.1, 0.15) is 50.8 Å². The molecule has 150 valence electrons. The molecule has 3 aromatic rings. The average molecular weight is 396 g/mol. The Labute approximate surface area is 166 Å². The third-order valence-corrected chi connectivity index (χ3v) is 4.82. The topological polar surface area (TPSA) is 118 Å². The highest BCUT2D eigenvalue weighted by atomic mass is 16.5. The minimum absolute atomic E-state index is 0.192. The van der Waals surface area contributed by atoms with Crippen LogP contribution in [-0.4, -0.2) is 61.4 Å². The number of aromatic nitrogens is 4. The molecule has 29 heavy (non-hydrogen) atoms. The van der Waals surface area contributed by atoms with Gasteiger partial charge < -0.3 is 18.7 Å². The lowest BCUT2D eigenvalue weighted by Crippen LogP contribution is -2.40. The number of carbonyl (C=O) groups excluding carboxylic acids is 2. The van der Waals surface area contributed by atoms with E-state index in [0.717, 1.165) is 0 Å². The smallest absolute Gasteiger partial charge is 0.291 e. The molecule has 0 saturated carbocycles. The normalized spacial score (nSPS) is 17.2. The van der Waals surface area contributed by atoms with Crippen LogP contribution >= 0.6 is 0 Å². The van der Waals surface area contributed by atoms with E-state index in [1.807, 2.05) is 0 Å². The van der Waals surface area contributed by atoms with Crippen molar-refractivity contribution < 1.29 is 18.5 Å². The number of rotatable bonds is 3. The zero-order valence-corrected chi connectivity index (χ0v) is 16.1. The quantitative estimate of drug-likeness (QED) is 0.657. The van der Waals surface area contributed by atoms with Crippen LogP contribution < -0.4 is 0 Å². The predicted octanol–water partition coefficient (Wildman–Crippen LogP) is 1.80. The molecule has 0 bridgehead atoms. The highest BCUT2D eigenvalue weighted by Crippen LogP contribution is 2.27. The van der Waals surface area contributed by atoms with Crippen molar-refractivity contribution in [3.63, 3.8) is 0 Å². The van der Waals surface area contributed by atoms with Crippen LogP contribution in [-0.2, 0) is 0 Å². The van der Waals surface area contributed by atoms with Crippen molar-refractivity contribution >= 4 is 11.8 Å². The van der Waals surface area contributed by atoms with Gasteiger partial charge in [0.25, 0.3) is 17.7 Å². The number of aryl methyl sites for hydroxylation is 2. The molecule has 1 saturated heterocycles. The molecule has 10 heteroatoms. The first kappa shape index (κ1) is 18.8. The summed E-state index contributed by atoms with van der Waals surface area (Å²) in [6.07, 6.45) is 4.97. The van der Waals surface area contributed by atoms with E-state index < -0.39 is 6.04 Å². The summed E-state index contributed by atoms with van der Waals surface area (Å²) in [5, 5.41) is 3.85. The van der Waals surface area contributed by atoms with Crippen LogP contribution in [0.4, 0.5) is 0 Å². The molecule has 2 amide bonds. The Morgan fingerprint density at radius 2 is 2.07 bits per heavy atom. The molecule has 10 nitrogen and oxygen atoms in total. The standard InChI is InChI=1S/C19H20N6O4/c1-12-16(28-11-21-12)19(27)24-7-4-8-25(18(26)14-5-3-6-20-9-14)15(10-24)17-22-13(2)23-29-17/h3,5-6,9,11,15H,4,7-8,10H2,1-2H3. The van der Waals surface area contributed by atoms with Crippen LogP contribution in [0.3, 0.4) is 0 Å². The van der Waals surface area contributed by atoms with Crippen LogP contribution in [0.25, 0.3) is 0 Å². The molecule has 1 fully saturated rings. The van der Waals surface area contributed by atoms with Gasteiger partial charge >= 0.3 is 0 Å². The molecule has 1 unspecified atom stereocenters. The lowest BCUT2D eigenvalue weighted by Gasteiger charge is -2.29. The first-order chi connectivity index (χ1) is 14.0. The fourth-order valence-corrected chi connectivity index (χ4v) is 3.38. The number of carbonyl (C=O) groups is 2. The maximum absolute atomic E-state index is 13.2. The zero-order chi connectivity index (χ0) is 20.4. The van der Waals surface area contributed by atoms with Gasteiger partial charge in [-0.05, 0) is 32.4 Å². The van der Waals surface area contributed by atoms with E-state index in [1.165, 1.54) is 12.6 Å². The van der Waals surface area contributed by atoms with Crippen LogP contribution in [0, 0.1) is 13.8 Å². The molecule has 1 aliphatic heterocycles. The van der Waals surface area contributed by atoms with Gasteiger partial charge in [-0.25, -0.2) is 4.98 Å². The van der Waals surface area contributed by atoms with Gasteiger partial charge in [-0.2, -0.15) is 4.98 Å². The number of amides is 2. The van der Waals surface area contributed by atoms with Gasteiger partial charge in [-0.15, -0.1) is 0 Å². The van der Waals surface area contributed by atoms with Gasteiger partial charge in [0.15, 0.2) is 12.2 Å². The summed E-state index contributed by atoms with van der Waals surface area (Å²) in [6, 6.07) is 2.83. The number of nitrogens with zero attached hydrogens (tertiary/aromatic N) is 6. The van der Waals surface area contributed by atoms with Gasteiger partial charge in [-0.3, -0.25) is 14.6 Å². The Balaban J connectivity index is 1.67. The Morgan fingerprint density at radius 1 is 1.21 bits per heavy atom. The Bertz CT molecular complexity index is 1010. The molecule has 1 atom stereocenters. The van der Waals surface area contributed by atoms with Crippen molar-refractivity contribution in [3.8, 4) is 0 Å². The Kier molecular flexibility index (Phi) is 5.07. The zero-order valence-electron chi connectivity index (χ0n) is 16.1. The molecule has 0 N–H and O–H groups in total. The van der Waals surface area contributed by atoms with Gasteiger partial charge in [0.2, 0.25) is 5.76 Å². The monoisotopic (exact) mass is 396 g/mol. The van der Waals surface area contributed by atoms with E-state index in [2.05, 4.69) is 20.1 Å². The molecular formula is C19H20N6O4. The first-order valence-corrected chi connectivity index (χ1v) is 9.25. The second-order valence-electron chi connectivity index (χ2n) is 6.81. The summed E-state index contributed by atoms with van der Waals surface area (Å²) in [7, 11) is 0. The third kappa shape index (κ3) is 3.73. The number of hydrogen-bond acceptors (Lipinski definition) is 8. The predicted molar refractivity (Wildman–Crippen MR) is 98.8 cm³/mol. The number of pyridine rings is 1. The van der Waals surface area contributed by atoms with Gasteiger partial charge in [0.05, 0.1) is 17.8 Å². The molecule has 0 radical (unpaired) electrons. The van der Waals surface area contributed by atoms with Crippen molar-refractivity contribution in [1.29, 1.82) is 0 Å². The average Bonchev–Trinajstić information content (AvgIpc) is 3.29. The van der Waals surface area contributed by atoms with Crippen LogP contribution in [0.2, 0.25) is 0 Å². The van der Waals surface area contributed by atoms with Gasteiger partial charge in [-0.1, -0.05) is 5.16 Å². The van der Waals surface area contributed by atoms with Crippen molar-refractivity contribution in [1.82, 2.24) is 29.9 Å². The lowest BCUT2D eigenvalue weighted by molar-refractivity contribution is 0.0581. The summed E-state index contributed by atoms with van der Waals surface area (Å²) < 4.78 is 10.6. The fourth-order valence-electron chi connectivity index (χ4n) is 3.38. The molecule has 0 aliphatic carbocycles. The fraction of sp³-hybridized carbons (Fsp3) is 0.368. The Morgan fingerprint density at radius 3 is 2.72 bits per heavy atom. The number of oxazole rings is 1. The van der Waals surface area contributed by atoms with E-state index in [9.17, 15) is 9.59 Å². The lowest BCUT2D eigenvalue weighted by atomic mass is 10.1. The summed E-state index contributed by atoms with van der Waals surface area (Å²) in [5.74, 6) is 0.453. The van der Waals surface area contributed by atoms with E-state index >= 15 is 0 Å². The van der Waals surface area contributed by atoms with Crippen LogP contribution in [0.5, 0.6) is 0 Å². The minimum atomic E-state index is -0.585. The van der Waals surface area contributed by atoms with Crippen molar-refractivity contribution in [2.45, 2.75) is 26.3 Å². The SMILES string of the molecule is Cc1noc(C2CN(C(=O)c3ocnc3C)CCCN2C(=O)c2cccnc2)n1. The molecule has 0 aromatic carbocycles. The van der Waals surface area contributed by atoms with E-state index in [4.69, 9.17) is 8.94 Å². The maximum atomic E-state index is 13.2. The maximum Gasteiger partial charge on any atom is 0.291 e. The second-order valence-corrected chi connectivity index (χ2v) is 6.81. The first-order valence-electron chi connectivity index (χ1n) is 9.25. The molecule has 4 heterocycles. The van der Waals surface area contributed by atoms with Crippen molar-refractivity contribution in [3.05, 3.63) is 59.7 Å². The number of hydrogen-bond donors (Lipinski definition) is 0. The van der Waals surface area contributed by atoms with Gasteiger partial charge in [0, 0.05) is 25.5 Å². The van der Waals surface area contributed by atoms with Gasteiger partial charge in [0.1, 0.15) is 6.04 Å². The minimum Gasteiger partial charge on any atom is -0.438 e. The summed E-state index contributed by atoms with van der Waals surface area (Å²) in [6.45, 7) is 4.51. The summed E-state index contributed by atoms with van der Waals surface area (Å²) in [5.41, 5.74) is 0.979. The van der Waals surface area contributed by atoms with Crippen LogP contribution in [0.15, 0.2) is 39.9 Å². The van der Waals surface area contributed by atoms with E-state index in [-0.39, 0.29) is 30.0 Å². The van der Waals surface area contributed by atoms with Crippen molar-refractivity contribution in [2.75, 3.05) is 19.6 Å². The molecule has 0 spiro atoms. The third-order valence-electron chi connectivity index (χ3n) is 4.82. The molecule has 1 aliphatic rings. The molecule has 3 aromatic heterocycles. The van der Waals surface area contributed by atoms with Crippen molar-refractivity contribution in [2.24, 2.45) is 0 Å². The second kappa shape index (κ2) is 7.82. The van der Waals surface area contributed by atoms with E-state index in [0.29, 0.717) is 36.6 Å². The molecular weight excluding hydrogens is 376 g/mol. The van der Waals surface area contributed by atoms with E-state index in [1.54, 1.807) is 42.0 Å². The summed E-state index contributed by atoms with van der Waals surface area (Å²) >= 11 is 0. The highest BCUT2D eigenvalue weighted by Gasteiger charge is 2.36. The largest absolute Gasteiger partial charge is 0.438 e. The summed E-state index contributed by atoms with van der Waals surface area (Å²) in [4.78, 5) is 41.8. The molecule has 4 rings (SSSR count).